The number of carbonyl (C=O) groups is 2. The van der Waals surface area contributed by atoms with Crippen molar-refractivity contribution in [1.29, 1.82) is 0 Å². The SMILES string of the molecule is CC(=O)OC(CO)COc1c(C)cc(-c2cc(C)c(OCC(CO)OC(C)=O)c(C)c2)cc1C. The van der Waals surface area contributed by atoms with Crippen LogP contribution in [0.5, 0.6) is 11.5 Å². The van der Waals surface area contributed by atoms with Gasteiger partial charge in [-0.25, -0.2) is 0 Å². The first-order chi connectivity index (χ1) is 16.0. The first-order valence-electron chi connectivity index (χ1n) is 11.1. The van der Waals surface area contributed by atoms with E-state index in [9.17, 15) is 19.8 Å². The van der Waals surface area contributed by atoms with Crippen LogP contribution in [0.1, 0.15) is 36.1 Å². The molecule has 0 saturated heterocycles. The molecule has 8 nitrogen and oxygen atoms in total. The third kappa shape index (κ3) is 7.46. The van der Waals surface area contributed by atoms with Crippen LogP contribution in [0.25, 0.3) is 11.1 Å². The molecule has 0 heterocycles. The van der Waals surface area contributed by atoms with Gasteiger partial charge in [-0.05, 0) is 85.3 Å². The van der Waals surface area contributed by atoms with E-state index in [1.54, 1.807) is 0 Å². The molecule has 0 amide bonds. The quantitative estimate of drug-likeness (QED) is 0.478. The summed E-state index contributed by atoms with van der Waals surface area (Å²) in [5.41, 5.74) is 5.67. The van der Waals surface area contributed by atoms with E-state index < -0.39 is 24.1 Å². The number of aryl methyl sites for hydroxylation is 4. The van der Waals surface area contributed by atoms with Crippen molar-refractivity contribution in [3.8, 4) is 22.6 Å². The summed E-state index contributed by atoms with van der Waals surface area (Å²) in [5, 5.41) is 18.8. The average molecular weight is 475 g/mol. The molecule has 0 fully saturated rings. The molecule has 0 saturated carbocycles. The molecule has 2 aromatic carbocycles. The number of aliphatic hydroxyl groups is 2. The number of carbonyl (C=O) groups excluding carboxylic acids is 2. The van der Waals surface area contributed by atoms with E-state index in [2.05, 4.69) is 0 Å². The lowest BCUT2D eigenvalue weighted by atomic mass is 9.96. The molecule has 0 aliphatic heterocycles. The number of esters is 2. The van der Waals surface area contributed by atoms with Gasteiger partial charge in [0.1, 0.15) is 24.7 Å². The summed E-state index contributed by atoms with van der Waals surface area (Å²) in [4.78, 5) is 22.3. The van der Waals surface area contributed by atoms with Gasteiger partial charge in [0.2, 0.25) is 0 Å². The Morgan fingerprint density at radius 3 is 1.21 bits per heavy atom. The molecule has 8 heteroatoms. The maximum atomic E-state index is 11.1. The summed E-state index contributed by atoms with van der Waals surface area (Å²) in [6.07, 6.45) is -1.44. The molecule has 2 aromatic rings. The zero-order valence-corrected chi connectivity index (χ0v) is 20.6. The minimum atomic E-state index is -0.722. The Morgan fingerprint density at radius 2 is 0.971 bits per heavy atom. The standard InChI is InChI=1S/C26H34O8/c1-15-7-21(8-16(2)25(15)31-13-23(11-27)33-19(5)29)22-9-17(3)26(18(4)10-22)32-14-24(12-28)34-20(6)30/h7-10,23-24,27-28H,11-14H2,1-6H3. The molecule has 0 aliphatic carbocycles. The molecule has 0 aromatic heterocycles. The molecule has 2 unspecified atom stereocenters. The Labute approximate surface area is 200 Å². The van der Waals surface area contributed by atoms with Crippen molar-refractivity contribution < 1.29 is 38.7 Å². The zero-order valence-electron chi connectivity index (χ0n) is 20.6. The second kappa shape index (κ2) is 12.4. The minimum absolute atomic E-state index is 0.0591. The van der Waals surface area contributed by atoms with Crippen LogP contribution in [0.4, 0.5) is 0 Å². The number of benzene rings is 2. The Bertz CT molecular complexity index is 886. The Hall–Kier alpha value is -3.10. The van der Waals surface area contributed by atoms with Gasteiger partial charge in [-0.3, -0.25) is 9.59 Å². The van der Waals surface area contributed by atoms with E-state index in [4.69, 9.17) is 18.9 Å². The average Bonchev–Trinajstić information content (AvgIpc) is 2.75. The lowest BCUT2D eigenvalue weighted by molar-refractivity contribution is -0.150. The van der Waals surface area contributed by atoms with E-state index in [1.165, 1.54) is 13.8 Å². The molecule has 0 radical (unpaired) electrons. The summed E-state index contributed by atoms with van der Waals surface area (Å²) in [7, 11) is 0. The maximum Gasteiger partial charge on any atom is 0.303 e. The second-order valence-corrected chi connectivity index (χ2v) is 8.33. The molecule has 2 atom stereocenters. The molecule has 186 valence electrons. The third-order valence-electron chi connectivity index (χ3n) is 5.15. The highest BCUT2D eigenvalue weighted by atomic mass is 16.6. The van der Waals surface area contributed by atoms with Crippen molar-refractivity contribution in [3.05, 3.63) is 46.5 Å². The number of aliphatic hydroxyl groups excluding tert-OH is 2. The molecular formula is C26H34O8. The summed E-state index contributed by atoms with van der Waals surface area (Å²) in [5.74, 6) is 0.428. The van der Waals surface area contributed by atoms with Crippen LogP contribution in [0.3, 0.4) is 0 Å². The first-order valence-corrected chi connectivity index (χ1v) is 11.1. The smallest absolute Gasteiger partial charge is 0.303 e. The summed E-state index contributed by atoms with van der Waals surface area (Å²) < 4.78 is 21.8. The Balaban J connectivity index is 2.21. The van der Waals surface area contributed by atoms with Crippen molar-refractivity contribution in [2.75, 3.05) is 26.4 Å². The van der Waals surface area contributed by atoms with Gasteiger partial charge in [0.05, 0.1) is 13.2 Å². The van der Waals surface area contributed by atoms with Gasteiger partial charge >= 0.3 is 11.9 Å². The molecule has 0 bridgehead atoms. The highest BCUT2D eigenvalue weighted by Gasteiger charge is 2.17. The number of ether oxygens (including phenoxy) is 4. The molecule has 34 heavy (non-hydrogen) atoms. The zero-order chi connectivity index (χ0) is 25.4. The highest BCUT2D eigenvalue weighted by Crippen LogP contribution is 2.34. The highest BCUT2D eigenvalue weighted by molar-refractivity contribution is 5.70. The van der Waals surface area contributed by atoms with Crippen LogP contribution in [-0.4, -0.2) is 60.8 Å². The van der Waals surface area contributed by atoms with Crippen LogP contribution < -0.4 is 9.47 Å². The van der Waals surface area contributed by atoms with E-state index in [1.807, 2.05) is 52.0 Å². The van der Waals surface area contributed by atoms with Gasteiger partial charge in [-0.2, -0.15) is 0 Å². The van der Waals surface area contributed by atoms with Crippen LogP contribution in [0.2, 0.25) is 0 Å². The van der Waals surface area contributed by atoms with Crippen LogP contribution in [0.15, 0.2) is 24.3 Å². The van der Waals surface area contributed by atoms with E-state index in [0.29, 0.717) is 11.5 Å². The Morgan fingerprint density at radius 1 is 0.676 bits per heavy atom. The molecule has 0 aliphatic rings. The van der Waals surface area contributed by atoms with E-state index in [0.717, 1.165) is 33.4 Å². The molecule has 0 spiro atoms. The second-order valence-electron chi connectivity index (χ2n) is 8.33. The van der Waals surface area contributed by atoms with Crippen molar-refractivity contribution in [3.63, 3.8) is 0 Å². The molecule has 2 N–H and O–H groups in total. The van der Waals surface area contributed by atoms with Gasteiger partial charge < -0.3 is 29.2 Å². The van der Waals surface area contributed by atoms with Crippen molar-refractivity contribution in [1.82, 2.24) is 0 Å². The van der Waals surface area contributed by atoms with Crippen molar-refractivity contribution in [2.45, 2.75) is 53.8 Å². The van der Waals surface area contributed by atoms with Crippen LogP contribution in [-0.2, 0) is 19.1 Å². The van der Waals surface area contributed by atoms with E-state index in [-0.39, 0.29) is 26.4 Å². The fourth-order valence-corrected chi connectivity index (χ4v) is 3.76. The van der Waals surface area contributed by atoms with Gasteiger partial charge in [0, 0.05) is 13.8 Å². The largest absolute Gasteiger partial charge is 0.489 e. The van der Waals surface area contributed by atoms with Gasteiger partial charge in [-0.1, -0.05) is 0 Å². The third-order valence-corrected chi connectivity index (χ3v) is 5.15. The van der Waals surface area contributed by atoms with Crippen molar-refractivity contribution >= 4 is 11.9 Å². The predicted octanol–water partition coefficient (Wildman–Crippen LogP) is 3.19. The monoisotopic (exact) mass is 474 g/mol. The molecular weight excluding hydrogens is 440 g/mol. The fraction of sp³-hybridized carbons (Fsp3) is 0.462. The summed E-state index contributed by atoms with van der Waals surface area (Å²) in [6.45, 7) is 9.82. The summed E-state index contributed by atoms with van der Waals surface area (Å²) >= 11 is 0. The van der Waals surface area contributed by atoms with E-state index >= 15 is 0 Å². The molecule has 2 rings (SSSR count). The lowest BCUT2D eigenvalue weighted by Crippen LogP contribution is -2.27. The van der Waals surface area contributed by atoms with Crippen LogP contribution >= 0.6 is 0 Å². The minimum Gasteiger partial charge on any atom is -0.489 e. The number of hydrogen-bond donors (Lipinski definition) is 2. The summed E-state index contributed by atoms with van der Waals surface area (Å²) in [6, 6.07) is 8.05. The fourth-order valence-electron chi connectivity index (χ4n) is 3.76. The Kier molecular flexibility index (Phi) is 9.89. The lowest BCUT2D eigenvalue weighted by Gasteiger charge is -2.20. The van der Waals surface area contributed by atoms with Crippen LogP contribution in [0, 0.1) is 27.7 Å². The number of rotatable bonds is 11. The van der Waals surface area contributed by atoms with Gasteiger partial charge in [-0.15, -0.1) is 0 Å². The first kappa shape index (κ1) is 27.1. The maximum absolute atomic E-state index is 11.1. The van der Waals surface area contributed by atoms with Gasteiger partial charge in [0.25, 0.3) is 0 Å². The topological polar surface area (TPSA) is 112 Å². The normalized spacial score (nSPS) is 12.6. The van der Waals surface area contributed by atoms with Gasteiger partial charge in [0.15, 0.2) is 12.2 Å². The predicted molar refractivity (Wildman–Crippen MR) is 127 cm³/mol. The van der Waals surface area contributed by atoms with Crippen molar-refractivity contribution in [2.24, 2.45) is 0 Å². The number of hydrogen-bond acceptors (Lipinski definition) is 8.